The molecule has 0 heterocycles. The minimum atomic E-state index is -4.48. The molecule has 0 aliphatic carbocycles. The lowest BCUT2D eigenvalue weighted by molar-refractivity contribution is 0.388. The summed E-state index contributed by atoms with van der Waals surface area (Å²) in [7, 11) is -4.48. The number of rotatable bonds is 2. The molecule has 0 aliphatic heterocycles. The molecule has 0 spiro atoms. The van der Waals surface area contributed by atoms with Gasteiger partial charge in [-0.25, -0.2) is 0 Å². The summed E-state index contributed by atoms with van der Waals surface area (Å²) in [6, 6.07) is 10.6. The van der Waals surface area contributed by atoms with Gasteiger partial charge in [0.2, 0.25) is 0 Å². The molecule has 0 saturated carbocycles. The topological polar surface area (TPSA) is 63.6 Å². The molecule has 2 rings (SSSR count). The molecular formula is C11H10O4S. The monoisotopic (exact) mass is 238 g/mol. The van der Waals surface area contributed by atoms with Gasteiger partial charge in [-0.2, -0.15) is 8.42 Å². The van der Waals surface area contributed by atoms with Crippen molar-refractivity contribution in [3.05, 3.63) is 42.0 Å². The third-order valence-corrected chi connectivity index (χ3v) is 2.58. The number of aryl methyl sites for hydroxylation is 1. The van der Waals surface area contributed by atoms with E-state index in [1.807, 2.05) is 25.1 Å². The Morgan fingerprint density at radius 1 is 1.19 bits per heavy atom. The van der Waals surface area contributed by atoms with Gasteiger partial charge in [-0.3, -0.25) is 4.55 Å². The van der Waals surface area contributed by atoms with Crippen molar-refractivity contribution < 1.29 is 17.2 Å². The van der Waals surface area contributed by atoms with E-state index in [2.05, 4.69) is 4.18 Å². The summed E-state index contributed by atoms with van der Waals surface area (Å²) in [5, 5.41) is 1.51. The first-order valence-corrected chi connectivity index (χ1v) is 5.98. The summed E-state index contributed by atoms with van der Waals surface area (Å²) in [6.45, 7) is 1.89. The van der Waals surface area contributed by atoms with Crippen LogP contribution >= 0.6 is 0 Å². The minimum absolute atomic E-state index is 0.128. The van der Waals surface area contributed by atoms with Gasteiger partial charge in [0, 0.05) is 5.39 Å². The molecule has 0 atom stereocenters. The normalized spacial score (nSPS) is 11.6. The van der Waals surface area contributed by atoms with Crippen LogP contribution in [0.2, 0.25) is 0 Å². The summed E-state index contributed by atoms with van der Waals surface area (Å²) in [6.07, 6.45) is 0. The van der Waals surface area contributed by atoms with E-state index in [4.69, 9.17) is 4.55 Å². The van der Waals surface area contributed by atoms with E-state index in [9.17, 15) is 8.42 Å². The fraction of sp³-hybridized carbons (Fsp3) is 0.0909. The quantitative estimate of drug-likeness (QED) is 0.815. The second kappa shape index (κ2) is 3.77. The maximum Gasteiger partial charge on any atom is 0.446 e. The predicted molar refractivity (Wildman–Crippen MR) is 60.9 cm³/mol. The summed E-state index contributed by atoms with van der Waals surface area (Å²) >= 11 is 0. The second-order valence-corrected chi connectivity index (χ2v) is 4.51. The van der Waals surface area contributed by atoms with Crippen LogP contribution in [0.3, 0.4) is 0 Å². The summed E-state index contributed by atoms with van der Waals surface area (Å²) in [5.74, 6) is 0.128. The van der Waals surface area contributed by atoms with Crippen molar-refractivity contribution in [2.45, 2.75) is 6.92 Å². The van der Waals surface area contributed by atoms with E-state index < -0.39 is 10.4 Å². The molecule has 0 fully saturated rings. The third-order valence-electron chi connectivity index (χ3n) is 2.19. The van der Waals surface area contributed by atoms with Crippen LogP contribution in [0.5, 0.6) is 5.75 Å². The maximum absolute atomic E-state index is 10.7. The molecule has 0 saturated heterocycles. The molecule has 0 radical (unpaired) electrons. The van der Waals surface area contributed by atoms with Crippen molar-refractivity contribution in [1.82, 2.24) is 0 Å². The Hall–Kier alpha value is -1.59. The van der Waals surface area contributed by atoms with Crippen molar-refractivity contribution in [3.63, 3.8) is 0 Å². The third kappa shape index (κ3) is 2.32. The van der Waals surface area contributed by atoms with Crippen LogP contribution in [0.25, 0.3) is 10.8 Å². The summed E-state index contributed by atoms with van der Waals surface area (Å²) in [4.78, 5) is 0. The van der Waals surface area contributed by atoms with Crippen molar-refractivity contribution in [1.29, 1.82) is 0 Å². The molecule has 0 unspecified atom stereocenters. The Morgan fingerprint density at radius 3 is 2.62 bits per heavy atom. The van der Waals surface area contributed by atoms with E-state index >= 15 is 0 Å². The van der Waals surface area contributed by atoms with Gasteiger partial charge >= 0.3 is 10.4 Å². The average Bonchev–Trinajstić information content (AvgIpc) is 2.17. The molecule has 16 heavy (non-hydrogen) atoms. The van der Waals surface area contributed by atoms with Gasteiger partial charge in [-0.1, -0.05) is 29.8 Å². The number of fused-ring (bicyclic) bond motifs is 1. The molecule has 4 nitrogen and oxygen atoms in total. The smallest absolute Gasteiger partial charge is 0.361 e. The lowest BCUT2D eigenvalue weighted by Gasteiger charge is -2.06. The van der Waals surface area contributed by atoms with E-state index in [1.54, 1.807) is 12.1 Å². The van der Waals surface area contributed by atoms with Gasteiger partial charge in [0.15, 0.2) is 5.75 Å². The molecule has 2 aromatic rings. The Morgan fingerprint density at radius 2 is 1.94 bits per heavy atom. The Labute approximate surface area is 93.4 Å². The Bertz CT molecular complexity index is 631. The van der Waals surface area contributed by atoms with Crippen LogP contribution in [-0.2, 0) is 10.4 Å². The van der Waals surface area contributed by atoms with Crippen LogP contribution in [0, 0.1) is 6.92 Å². The largest absolute Gasteiger partial charge is 0.446 e. The van der Waals surface area contributed by atoms with Gasteiger partial charge in [-0.05, 0) is 24.4 Å². The van der Waals surface area contributed by atoms with Crippen molar-refractivity contribution >= 4 is 21.2 Å². The number of hydrogen-bond donors (Lipinski definition) is 1. The van der Waals surface area contributed by atoms with Crippen molar-refractivity contribution in [2.24, 2.45) is 0 Å². The zero-order valence-electron chi connectivity index (χ0n) is 8.54. The second-order valence-electron chi connectivity index (χ2n) is 3.49. The molecule has 0 bridgehead atoms. The summed E-state index contributed by atoms with van der Waals surface area (Å²) in [5.41, 5.74) is 0.985. The number of benzene rings is 2. The Balaban J connectivity index is 2.65. The lowest BCUT2D eigenvalue weighted by Crippen LogP contribution is -2.06. The van der Waals surface area contributed by atoms with Crippen LogP contribution < -0.4 is 4.18 Å². The SMILES string of the molecule is Cc1ccc2cccc(OS(=O)(=O)O)c2c1. The van der Waals surface area contributed by atoms with Gasteiger partial charge in [-0.15, -0.1) is 0 Å². The highest BCUT2D eigenvalue weighted by Crippen LogP contribution is 2.27. The van der Waals surface area contributed by atoms with Gasteiger partial charge < -0.3 is 4.18 Å². The van der Waals surface area contributed by atoms with Gasteiger partial charge in [0.25, 0.3) is 0 Å². The molecule has 0 aliphatic rings. The fourth-order valence-corrected chi connectivity index (χ4v) is 1.92. The highest BCUT2D eigenvalue weighted by Gasteiger charge is 2.09. The molecule has 1 N–H and O–H groups in total. The predicted octanol–water partition coefficient (Wildman–Crippen LogP) is 2.33. The highest BCUT2D eigenvalue weighted by molar-refractivity contribution is 7.81. The Kier molecular flexibility index (Phi) is 2.57. The zero-order valence-corrected chi connectivity index (χ0v) is 9.36. The van der Waals surface area contributed by atoms with E-state index in [-0.39, 0.29) is 5.75 Å². The van der Waals surface area contributed by atoms with Crippen LogP contribution in [0.4, 0.5) is 0 Å². The molecular weight excluding hydrogens is 228 g/mol. The van der Waals surface area contributed by atoms with E-state index in [1.165, 1.54) is 6.07 Å². The fourth-order valence-electron chi connectivity index (χ4n) is 1.54. The van der Waals surface area contributed by atoms with Gasteiger partial charge in [0.05, 0.1) is 0 Å². The molecule has 5 heteroatoms. The molecule has 0 aromatic heterocycles. The van der Waals surface area contributed by atoms with Crippen LogP contribution in [0.1, 0.15) is 5.56 Å². The van der Waals surface area contributed by atoms with E-state index in [0.717, 1.165) is 10.9 Å². The van der Waals surface area contributed by atoms with Crippen LogP contribution in [0.15, 0.2) is 36.4 Å². The lowest BCUT2D eigenvalue weighted by atomic mass is 10.1. The van der Waals surface area contributed by atoms with Crippen molar-refractivity contribution in [3.8, 4) is 5.75 Å². The van der Waals surface area contributed by atoms with Crippen LogP contribution in [-0.4, -0.2) is 13.0 Å². The first-order chi connectivity index (χ1) is 7.46. The standard InChI is InChI=1S/C11H10O4S/c1-8-5-6-9-3-2-4-11(10(9)7-8)15-16(12,13)14/h2-7H,1H3,(H,12,13,14). The molecule has 2 aromatic carbocycles. The number of hydrogen-bond acceptors (Lipinski definition) is 3. The van der Waals surface area contributed by atoms with Crippen molar-refractivity contribution in [2.75, 3.05) is 0 Å². The minimum Gasteiger partial charge on any atom is -0.361 e. The molecule has 0 amide bonds. The first kappa shape index (κ1) is 10.9. The summed E-state index contributed by atoms with van der Waals surface area (Å²) < 4.78 is 34.5. The van der Waals surface area contributed by atoms with E-state index in [0.29, 0.717) is 5.39 Å². The maximum atomic E-state index is 10.7. The zero-order chi connectivity index (χ0) is 11.8. The average molecular weight is 238 g/mol. The highest BCUT2D eigenvalue weighted by atomic mass is 32.3. The molecule has 84 valence electrons. The first-order valence-electron chi connectivity index (χ1n) is 4.62. The van der Waals surface area contributed by atoms with Gasteiger partial charge in [0.1, 0.15) is 0 Å².